The molecule has 1 N–H and O–H groups in total. The Hall–Kier alpha value is -2.54. The Kier molecular flexibility index (Phi) is 5.18. The molecule has 1 aliphatic heterocycles. The van der Waals surface area contributed by atoms with Gasteiger partial charge in [-0.15, -0.1) is 0 Å². The van der Waals surface area contributed by atoms with Crippen LogP contribution < -0.4 is 15.0 Å². The molecule has 0 aromatic heterocycles. The zero-order valence-electron chi connectivity index (χ0n) is 14.8. The van der Waals surface area contributed by atoms with Crippen molar-refractivity contribution in [1.82, 2.24) is 0 Å². The highest BCUT2D eigenvalue weighted by Crippen LogP contribution is 2.24. The summed E-state index contributed by atoms with van der Waals surface area (Å²) in [6.45, 7) is 0. The molecule has 7 heteroatoms. The lowest BCUT2D eigenvalue weighted by molar-refractivity contribution is 0.102. The largest absolute Gasteiger partial charge is 0.497 e. The van der Waals surface area contributed by atoms with Gasteiger partial charge in [0.05, 0.1) is 18.6 Å². The van der Waals surface area contributed by atoms with Crippen LogP contribution in [0.2, 0.25) is 0 Å². The molecule has 1 heterocycles. The number of anilines is 2. The van der Waals surface area contributed by atoms with E-state index >= 15 is 0 Å². The summed E-state index contributed by atoms with van der Waals surface area (Å²) in [6.07, 6.45) is 0.648. The van der Waals surface area contributed by atoms with Crippen LogP contribution in [0.15, 0.2) is 48.5 Å². The van der Waals surface area contributed by atoms with Crippen LogP contribution in [-0.2, 0) is 9.84 Å². The van der Waals surface area contributed by atoms with Gasteiger partial charge in [-0.25, -0.2) is 8.42 Å². The van der Waals surface area contributed by atoms with Crippen LogP contribution in [0.5, 0.6) is 5.75 Å². The van der Waals surface area contributed by atoms with Crippen LogP contribution in [0.1, 0.15) is 16.8 Å². The highest BCUT2D eigenvalue weighted by atomic mass is 32.2. The second-order valence-corrected chi connectivity index (χ2v) is 8.63. The van der Waals surface area contributed by atoms with Gasteiger partial charge in [-0.05, 0) is 55.0 Å². The Bertz CT molecular complexity index is 877. The SMILES string of the molecule is COc1ccc(C(=O)Nc2ccc(N(C)C3CCS(=O)(=O)C3)cc2)cc1. The summed E-state index contributed by atoms with van der Waals surface area (Å²) in [7, 11) is 0.561. The molecule has 1 atom stereocenters. The van der Waals surface area contributed by atoms with Crippen molar-refractivity contribution in [2.75, 3.05) is 35.9 Å². The van der Waals surface area contributed by atoms with Gasteiger partial charge in [-0.1, -0.05) is 0 Å². The number of carbonyl (C=O) groups excluding carboxylic acids is 1. The molecule has 26 heavy (non-hydrogen) atoms. The van der Waals surface area contributed by atoms with Gasteiger partial charge in [-0.2, -0.15) is 0 Å². The molecule has 0 spiro atoms. The van der Waals surface area contributed by atoms with Crippen molar-refractivity contribution < 1.29 is 17.9 Å². The first-order valence-electron chi connectivity index (χ1n) is 8.37. The van der Waals surface area contributed by atoms with Crippen LogP contribution in [0.4, 0.5) is 11.4 Å². The van der Waals surface area contributed by atoms with Gasteiger partial charge >= 0.3 is 0 Å². The van der Waals surface area contributed by atoms with E-state index in [1.807, 2.05) is 36.2 Å². The number of benzene rings is 2. The van der Waals surface area contributed by atoms with Crippen molar-refractivity contribution in [1.29, 1.82) is 0 Å². The van der Waals surface area contributed by atoms with Gasteiger partial charge in [0.2, 0.25) is 0 Å². The van der Waals surface area contributed by atoms with E-state index < -0.39 is 9.84 Å². The summed E-state index contributed by atoms with van der Waals surface area (Å²) in [5.41, 5.74) is 2.15. The summed E-state index contributed by atoms with van der Waals surface area (Å²) in [6, 6.07) is 14.3. The lowest BCUT2D eigenvalue weighted by Crippen LogP contribution is -2.32. The van der Waals surface area contributed by atoms with Crippen molar-refractivity contribution in [3.8, 4) is 5.75 Å². The second-order valence-electron chi connectivity index (χ2n) is 6.40. The zero-order valence-corrected chi connectivity index (χ0v) is 15.6. The molecule has 2 aromatic carbocycles. The van der Waals surface area contributed by atoms with E-state index in [9.17, 15) is 13.2 Å². The van der Waals surface area contributed by atoms with Gasteiger partial charge < -0.3 is 15.0 Å². The highest BCUT2D eigenvalue weighted by Gasteiger charge is 2.30. The number of hydrogen-bond acceptors (Lipinski definition) is 5. The molecule has 1 saturated heterocycles. The average Bonchev–Trinajstić information content (AvgIpc) is 3.01. The summed E-state index contributed by atoms with van der Waals surface area (Å²) in [4.78, 5) is 14.3. The third-order valence-electron chi connectivity index (χ3n) is 4.64. The van der Waals surface area contributed by atoms with Crippen molar-refractivity contribution in [3.63, 3.8) is 0 Å². The standard InChI is InChI=1S/C19H22N2O4S/c1-21(17-11-12-26(23,24)13-17)16-7-5-15(6-8-16)20-19(22)14-3-9-18(25-2)10-4-14/h3-10,17H,11-13H2,1-2H3,(H,20,22). The summed E-state index contributed by atoms with van der Waals surface area (Å²) in [5, 5.41) is 2.85. The predicted octanol–water partition coefficient (Wildman–Crippen LogP) is 2.57. The molecule has 1 amide bonds. The second kappa shape index (κ2) is 7.37. The number of amides is 1. The van der Waals surface area contributed by atoms with Gasteiger partial charge in [-0.3, -0.25) is 4.79 Å². The monoisotopic (exact) mass is 374 g/mol. The van der Waals surface area contributed by atoms with Gasteiger partial charge in [0.25, 0.3) is 5.91 Å². The normalized spacial score (nSPS) is 18.3. The molecule has 1 aliphatic rings. The number of methoxy groups -OCH3 is 1. The number of rotatable bonds is 5. The molecule has 1 fully saturated rings. The van der Waals surface area contributed by atoms with Crippen LogP contribution in [0, 0.1) is 0 Å². The van der Waals surface area contributed by atoms with Crippen LogP contribution in [0.3, 0.4) is 0 Å². The first-order chi connectivity index (χ1) is 12.4. The Morgan fingerprint density at radius 2 is 1.77 bits per heavy atom. The van der Waals surface area contributed by atoms with Gasteiger partial charge in [0.15, 0.2) is 9.84 Å². The first-order valence-corrected chi connectivity index (χ1v) is 10.2. The molecule has 0 saturated carbocycles. The maximum Gasteiger partial charge on any atom is 0.255 e. The van der Waals surface area contributed by atoms with E-state index in [1.54, 1.807) is 31.4 Å². The predicted molar refractivity (Wildman–Crippen MR) is 103 cm³/mol. The van der Waals surface area contributed by atoms with Crippen LogP contribution in [-0.4, -0.2) is 46.0 Å². The quantitative estimate of drug-likeness (QED) is 0.871. The Balaban J connectivity index is 1.64. The number of nitrogens with one attached hydrogen (secondary N) is 1. The third kappa shape index (κ3) is 4.16. The number of ether oxygens (including phenoxy) is 1. The molecular formula is C19H22N2O4S. The zero-order chi connectivity index (χ0) is 18.7. The molecule has 0 aliphatic carbocycles. The topological polar surface area (TPSA) is 75.7 Å². The van der Waals surface area contributed by atoms with E-state index in [0.717, 1.165) is 5.69 Å². The number of hydrogen-bond donors (Lipinski definition) is 1. The molecule has 3 rings (SSSR count). The minimum atomic E-state index is -2.92. The van der Waals surface area contributed by atoms with Crippen LogP contribution in [0.25, 0.3) is 0 Å². The smallest absolute Gasteiger partial charge is 0.255 e. The first kappa shape index (κ1) is 18.3. The van der Waals surface area contributed by atoms with Crippen molar-refractivity contribution >= 4 is 27.1 Å². The molecule has 0 radical (unpaired) electrons. The van der Waals surface area contributed by atoms with Gasteiger partial charge in [0, 0.05) is 30.0 Å². The van der Waals surface area contributed by atoms with E-state index in [1.165, 1.54) is 0 Å². The number of sulfone groups is 1. The van der Waals surface area contributed by atoms with Crippen molar-refractivity contribution in [3.05, 3.63) is 54.1 Å². The molecule has 0 bridgehead atoms. The maximum absolute atomic E-state index is 12.3. The summed E-state index contributed by atoms with van der Waals surface area (Å²) in [5.74, 6) is 0.941. The fourth-order valence-corrected chi connectivity index (χ4v) is 4.79. The van der Waals surface area contributed by atoms with Gasteiger partial charge in [0.1, 0.15) is 5.75 Å². The van der Waals surface area contributed by atoms with Crippen molar-refractivity contribution in [2.45, 2.75) is 12.5 Å². The molecular weight excluding hydrogens is 352 g/mol. The summed E-state index contributed by atoms with van der Waals surface area (Å²) >= 11 is 0. The number of nitrogens with zero attached hydrogens (tertiary/aromatic N) is 1. The van der Waals surface area contributed by atoms with E-state index in [4.69, 9.17) is 4.74 Å². The molecule has 1 unspecified atom stereocenters. The molecule has 138 valence electrons. The fourth-order valence-electron chi connectivity index (χ4n) is 3.02. The minimum Gasteiger partial charge on any atom is -0.497 e. The fraction of sp³-hybridized carbons (Fsp3) is 0.316. The van der Waals surface area contributed by atoms with Crippen LogP contribution >= 0.6 is 0 Å². The molecule has 2 aromatic rings. The lowest BCUT2D eigenvalue weighted by atomic mass is 10.1. The Morgan fingerprint density at radius 1 is 1.12 bits per heavy atom. The van der Waals surface area contributed by atoms with E-state index in [0.29, 0.717) is 23.4 Å². The number of carbonyl (C=O) groups is 1. The van der Waals surface area contributed by atoms with E-state index in [2.05, 4.69) is 5.32 Å². The Morgan fingerprint density at radius 3 is 2.31 bits per heavy atom. The average molecular weight is 374 g/mol. The molecule has 6 nitrogen and oxygen atoms in total. The minimum absolute atomic E-state index is 0.000240. The summed E-state index contributed by atoms with van der Waals surface area (Å²) < 4.78 is 28.4. The van der Waals surface area contributed by atoms with E-state index in [-0.39, 0.29) is 23.5 Å². The highest BCUT2D eigenvalue weighted by molar-refractivity contribution is 7.91. The maximum atomic E-state index is 12.3. The Labute approximate surface area is 153 Å². The third-order valence-corrected chi connectivity index (χ3v) is 6.39. The van der Waals surface area contributed by atoms with Crippen molar-refractivity contribution in [2.24, 2.45) is 0 Å². The lowest BCUT2D eigenvalue weighted by Gasteiger charge is -2.25.